The van der Waals surface area contributed by atoms with Gasteiger partial charge in [0, 0.05) is 20.7 Å². The van der Waals surface area contributed by atoms with Crippen LogP contribution in [0.3, 0.4) is 0 Å². The first-order chi connectivity index (χ1) is 6.88. The Labute approximate surface area is 94.0 Å². The monoisotopic (exact) mass is 228 g/mol. The molecule has 0 radical (unpaired) electrons. The molecule has 1 aliphatic carbocycles. The minimum atomic E-state index is -1.01. The maximum absolute atomic E-state index is 11.6. The van der Waals surface area contributed by atoms with Gasteiger partial charge in [0.05, 0.1) is 6.04 Å². The molecule has 0 aromatic heterocycles. The molecule has 15 heavy (non-hydrogen) atoms. The summed E-state index contributed by atoms with van der Waals surface area (Å²) < 4.78 is 0. The normalized spacial score (nSPS) is 18.7. The van der Waals surface area contributed by atoms with Gasteiger partial charge in [-0.15, -0.1) is 0 Å². The lowest BCUT2D eigenvalue weighted by molar-refractivity contribution is -0.122. The van der Waals surface area contributed by atoms with Crippen molar-refractivity contribution in [3.05, 3.63) is 0 Å². The van der Waals surface area contributed by atoms with Crippen molar-refractivity contribution >= 4 is 14.0 Å². The Hall–Kier alpha value is -0.353. The van der Waals surface area contributed by atoms with Crippen molar-refractivity contribution < 1.29 is 4.79 Å². The SMILES string of the molecule is CC(NC1CC1)C(=O)NCC[Si](C)(C)C. The average molecular weight is 228 g/mol. The zero-order valence-electron chi connectivity index (χ0n) is 10.4. The number of nitrogens with one attached hydrogen (secondary N) is 2. The molecule has 0 bridgehead atoms. The van der Waals surface area contributed by atoms with Crippen LogP contribution in [0.25, 0.3) is 0 Å². The Kier molecular flexibility index (Phi) is 4.34. The van der Waals surface area contributed by atoms with Gasteiger partial charge in [0.2, 0.25) is 5.91 Å². The Morgan fingerprint density at radius 1 is 1.40 bits per heavy atom. The molecular formula is C11H24N2OSi. The molecule has 4 heteroatoms. The van der Waals surface area contributed by atoms with Gasteiger partial charge in [-0.25, -0.2) is 0 Å². The number of hydrogen-bond donors (Lipinski definition) is 2. The highest BCUT2D eigenvalue weighted by Crippen LogP contribution is 2.19. The highest BCUT2D eigenvalue weighted by molar-refractivity contribution is 6.76. The van der Waals surface area contributed by atoms with Gasteiger partial charge in [-0.1, -0.05) is 19.6 Å². The van der Waals surface area contributed by atoms with Gasteiger partial charge >= 0.3 is 0 Å². The first kappa shape index (κ1) is 12.7. The number of hydrogen-bond acceptors (Lipinski definition) is 2. The summed E-state index contributed by atoms with van der Waals surface area (Å²) in [6, 6.07) is 1.73. The lowest BCUT2D eigenvalue weighted by atomic mass is 10.3. The summed E-state index contributed by atoms with van der Waals surface area (Å²) in [7, 11) is -1.01. The molecule has 1 saturated carbocycles. The van der Waals surface area contributed by atoms with Crippen LogP contribution in [0, 0.1) is 0 Å². The first-order valence-electron chi connectivity index (χ1n) is 5.92. The molecular weight excluding hydrogens is 204 g/mol. The van der Waals surface area contributed by atoms with E-state index in [1.165, 1.54) is 12.8 Å². The van der Waals surface area contributed by atoms with Crippen LogP contribution < -0.4 is 10.6 Å². The lowest BCUT2D eigenvalue weighted by Crippen LogP contribution is -2.44. The molecule has 0 heterocycles. The standard InChI is InChI=1S/C11H24N2OSi/c1-9(13-10-5-6-10)11(14)12-7-8-15(2,3)4/h9-10,13H,5-8H2,1-4H3,(H,12,14). The Bertz CT molecular complexity index is 221. The molecule has 1 aliphatic rings. The second-order valence-corrected chi connectivity index (χ2v) is 11.4. The summed E-state index contributed by atoms with van der Waals surface area (Å²) >= 11 is 0. The highest BCUT2D eigenvalue weighted by Gasteiger charge is 2.25. The number of carbonyl (C=O) groups is 1. The third kappa shape index (κ3) is 5.94. The molecule has 0 spiro atoms. The second kappa shape index (κ2) is 5.12. The van der Waals surface area contributed by atoms with Crippen LogP contribution in [0.5, 0.6) is 0 Å². The predicted octanol–water partition coefficient (Wildman–Crippen LogP) is 1.58. The van der Waals surface area contributed by atoms with Crippen molar-refractivity contribution in [3.8, 4) is 0 Å². The van der Waals surface area contributed by atoms with Crippen molar-refractivity contribution in [2.24, 2.45) is 0 Å². The summed E-state index contributed by atoms with van der Waals surface area (Å²) in [6.45, 7) is 9.76. The molecule has 3 nitrogen and oxygen atoms in total. The quantitative estimate of drug-likeness (QED) is 0.678. The fourth-order valence-electron chi connectivity index (χ4n) is 1.39. The smallest absolute Gasteiger partial charge is 0.236 e. The Balaban J connectivity index is 2.11. The zero-order valence-corrected chi connectivity index (χ0v) is 11.4. The van der Waals surface area contributed by atoms with Crippen molar-refractivity contribution in [2.75, 3.05) is 6.54 Å². The van der Waals surface area contributed by atoms with Crippen LogP contribution in [-0.4, -0.2) is 32.6 Å². The van der Waals surface area contributed by atoms with Gasteiger partial charge in [0.1, 0.15) is 0 Å². The van der Waals surface area contributed by atoms with Crippen molar-refractivity contribution in [1.29, 1.82) is 0 Å². The molecule has 1 amide bonds. The Morgan fingerprint density at radius 3 is 2.47 bits per heavy atom. The van der Waals surface area contributed by atoms with Crippen LogP contribution in [0.1, 0.15) is 19.8 Å². The minimum absolute atomic E-state index is 0.0286. The average Bonchev–Trinajstić information content (AvgIpc) is 2.85. The minimum Gasteiger partial charge on any atom is -0.355 e. The third-order valence-electron chi connectivity index (χ3n) is 2.63. The highest BCUT2D eigenvalue weighted by atomic mass is 28.3. The van der Waals surface area contributed by atoms with Gasteiger partial charge < -0.3 is 10.6 Å². The largest absolute Gasteiger partial charge is 0.355 e. The van der Waals surface area contributed by atoms with E-state index in [-0.39, 0.29) is 11.9 Å². The number of amides is 1. The van der Waals surface area contributed by atoms with Crippen molar-refractivity contribution in [1.82, 2.24) is 10.6 Å². The molecule has 0 saturated heterocycles. The molecule has 2 N–H and O–H groups in total. The van der Waals surface area contributed by atoms with E-state index in [1.807, 2.05) is 6.92 Å². The molecule has 1 fully saturated rings. The molecule has 0 aromatic rings. The molecule has 0 aromatic carbocycles. The van der Waals surface area contributed by atoms with E-state index in [0.29, 0.717) is 6.04 Å². The third-order valence-corrected chi connectivity index (χ3v) is 4.38. The summed E-state index contributed by atoms with van der Waals surface area (Å²) in [5.74, 6) is 0.153. The van der Waals surface area contributed by atoms with Crippen molar-refractivity contribution in [2.45, 2.75) is 57.5 Å². The van der Waals surface area contributed by atoms with Crippen LogP contribution in [-0.2, 0) is 4.79 Å². The topological polar surface area (TPSA) is 41.1 Å². The maximum Gasteiger partial charge on any atom is 0.236 e. The van der Waals surface area contributed by atoms with Crippen LogP contribution in [0.2, 0.25) is 25.7 Å². The van der Waals surface area contributed by atoms with E-state index in [9.17, 15) is 4.79 Å². The molecule has 1 atom stereocenters. The summed E-state index contributed by atoms with van der Waals surface area (Å²) in [5.41, 5.74) is 0. The van der Waals surface area contributed by atoms with E-state index in [1.54, 1.807) is 0 Å². The second-order valence-electron chi connectivity index (χ2n) is 5.76. The van der Waals surface area contributed by atoms with E-state index in [0.717, 1.165) is 12.6 Å². The number of rotatable bonds is 6. The van der Waals surface area contributed by atoms with Crippen LogP contribution in [0.15, 0.2) is 0 Å². The van der Waals surface area contributed by atoms with Gasteiger partial charge in [-0.2, -0.15) is 0 Å². The van der Waals surface area contributed by atoms with E-state index >= 15 is 0 Å². The fraction of sp³-hybridized carbons (Fsp3) is 0.909. The zero-order chi connectivity index (χ0) is 11.5. The summed E-state index contributed by atoms with van der Waals surface area (Å²) in [5, 5.41) is 6.31. The number of carbonyl (C=O) groups excluding carboxylic acids is 1. The van der Waals surface area contributed by atoms with E-state index < -0.39 is 8.07 Å². The van der Waals surface area contributed by atoms with Crippen LogP contribution in [0.4, 0.5) is 0 Å². The lowest BCUT2D eigenvalue weighted by Gasteiger charge is -2.18. The fourth-order valence-corrected chi connectivity index (χ4v) is 2.27. The van der Waals surface area contributed by atoms with Gasteiger partial charge in [0.15, 0.2) is 0 Å². The van der Waals surface area contributed by atoms with Crippen molar-refractivity contribution in [3.63, 3.8) is 0 Å². The predicted molar refractivity (Wildman–Crippen MR) is 66.8 cm³/mol. The molecule has 0 aliphatic heterocycles. The van der Waals surface area contributed by atoms with Crippen LogP contribution >= 0.6 is 0 Å². The molecule has 1 unspecified atom stereocenters. The molecule has 1 rings (SSSR count). The summed E-state index contributed by atoms with van der Waals surface area (Å²) in [6.07, 6.45) is 2.46. The first-order valence-corrected chi connectivity index (χ1v) is 9.63. The molecule has 88 valence electrons. The van der Waals surface area contributed by atoms with E-state index in [4.69, 9.17) is 0 Å². The van der Waals surface area contributed by atoms with E-state index in [2.05, 4.69) is 30.3 Å². The van der Waals surface area contributed by atoms with Gasteiger partial charge in [0.25, 0.3) is 0 Å². The Morgan fingerprint density at radius 2 is 2.00 bits per heavy atom. The maximum atomic E-state index is 11.6. The summed E-state index contributed by atoms with van der Waals surface area (Å²) in [4.78, 5) is 11.6. The van der Waals surface area contributed by atoms with Gasteiger partial charge in [-0.05, 0) is 25.8 Å². The van der Waals surface area contributed by atoms with Gasteiger partial charge in [-0.3, -0.25) is 4.79 Å².